The van der Waals surface area contributed by atoms with Gasteiger partial charge in [0.2, 0.25) is 0 Å². The van der Waals surface area contributed by atoms with Crippen molar-refractivity contribution in [1.82, 2.24) is 0 Å². The Balaban J connectivity index is 2.41. The van der Waals surface area contributed by atoms with Gasteiger partial charge >= 0.3 is 0 Å². The third kappa shape index (κ3) is 1.28. The molecule has 88 valence electrons. The molecule has 0 saturated heterocycles. The summed E-state index contributed by atoms with van der Waals surface area (Å²) in [4.78, 5) is 12.5. The monoisotopic (exact) mass is 235 g/mol. The van der Waals surface area contributed by atoms with Crippen LogP contribution in [0.25, 0.3) is 0 Å². The van der Waals surface area contributed by atoms with E-state index < -0.39 is 0 Å². The van der Waals surface area contributed by atoms with E-state index in [1.807, 2.05) is 49.4 Å². The van der Waals surface area contributed by atoms with Crippen molar-refractivity contribution in [2.24, 2.45) is 0 Å². The van der Waals surface area contributed by atoms with Gasteiger partial charge in [-0.15, -0.1) is 0 Å². The van der Waals surface area contributed by atoms with Crippen LogP contribution in [0.3, 0.4) is 0 Å². The predicted octanol–water partition coefficient (Wildman–Crippen LogP) is 3.68. The largest absolute Gasteiger partial charge is 0.289 e. The predicted molar refractivity (Wildman–Crippen MR) is 72.9 cm³/mol. The van der Waals surface area contributed by atoms with Crippen LogP contribution in [0.5, 0.6) is 0 Å². The van der Waals surface area contributed by atoms with Crippen LogP contribution < -0.4 is 0 Å². The standard InChI is InChI=1S/C17H15O/c1-11-7-6-9-13-15(11)17(2,3)14-10-5-4-8-12(14)16(13)18/h4-10H,2H2,1,3H3/q+1. The second kappa shape index (κ2) is 3.49. The fourth-order valence-electron chi connectivity index (χ4n) is 3.03. The van der Waals surface area contributed by atoms with Gasteiger partial charge in [0.15, 0.2) is 11.2 Å². The highest BCUT2D eigenvalue weighted by Crippen LogP contribution is 2.42. The molecule has 0 aliphatic heterocycles. The Morgan fingerprint density at radius 3 is 2.44 bits per heavy atom. The first kappa shape index (κ1) is 11.1. The minimum atomic E-state index is -0.356. The van der Waals surface area contributed by atoms with Crippen molar-refractivity contribution < 1.29 is 4.79 Å². The Labute approximate surface area is 107 Å². The van der Waals surface area contributed by atoms with Crippen molar-refractivity contribution in [3.8, 4) is 0 Å². The average Bonchev–Trinajstić information content (AvgIpc) is 2.36. The topological polar surface area (TPSA) is 17.1 Å². The van der Waals surface area contributed by atoms with Gasteiger partial charge in [-0.1, -0.05) is 42.5 Å². The molecule has 0 amide bonds. The molecule has 0 fully saturated rings. The molecule has 0 radical (unpaired) electrons. The van der Waals surface area contributed by atoms with Gasteiger partial charge < -0.3 is 0 Å². The molecular formula is C17H15O+. The third-order valence-electron chi connectivity index (χ3n) is 3.84. The number of carbonyl (C=O) groups is 1. The number of rotatable bonds is 0. The summed E-state index contributed by atoms with van der Waals surface area (Å²) < 4.78 is 0. The molecule has 0 heterocycles. The molecule has 1 nitrogen and oxygen atoms in total. The first-order chi connectivity index (χ1) is 8.53. The van der Waals surface area contributed by atoms with Crippen LogP contribution in [-0.4, -0.2) is 5.78 Å². The van der Waals surface area contributed by atoms with Crippen LogP contribution in [0.15, 0.2) is 42.5 Å². The number of aryl methyl sites for hydroxylation is 1. The van der Waals surface area contributed by atoms with E-state index in [2.05, 4.69) is 13.8 Å². The highest BCUT2D eigenvalue weighted by molar-refractivity contribution is 6.13. The molecule has 1 aliphatic carbocycles. The van der Waals surface area contributed by atoms with Crippen LogP contribution >= 0.6 is 0 Å². The molecule has 0 aromatic heterocycles. The second-order valence-electron chi connectivity index (χ2n) is 5.20. The number of hydrogen-bond donors (Lipinski definition) is 0. The van der Waals surface area contributed by atoms with Gasteiger partial charge in [-0.3, -0.25) is 4.79 Å². The Bertz CT molecular complexity index is 650. The number of carbonyl (C=O) groups excluding carboxylic acids is 1. The van der Waals surface area contributed by atoms with Crippen molar-refractivity contribution >= 4 is 5.78 Å². The lowest BCUT2D eigenvalue weighted by Crippen LogP contribution is -2.31. The average molecular weight is 235 g/mol. The highest BCUT2D eigenvalue weighted by atomic mass is 16.1. The van der Waals surface area contributed by atoms with E-state index in [9.17, 15) is 4.79 Å². The summed E-state index contributed by atoms with van der Waals surface area (Å²) in [5.74, 6) is 0.116. The summed E-state index contributed by atoms with van der Waals surface area (Å²) in [5.41, 5.74) is 4.45. The molecular weight excluding hydrogens is 220 g/mol. The zero-order valence-electron chi connectivity index (χ0n) is 10.7. The fourth-order valence-corrected chi connectivity index (χ4v) is 3.03. The quantitative estimate of drug-likeness (QED) is 0.637. The molecule has 2 aromatic rings. The van der Waals surface area contributed by atoms with Crippen molar-refractivity contribution in [3.63, 3.8) is 0 Å². The smallest absolute Gasteiger partial charge is 0.193 e. The second-order valence-corrected chi connectivity index (χ2v) is 5.20. The molecule has 1 heteroatoms. The third-order valence-corrected chi connectivity index (χ3v) is 3.84. The summed E-state index contributed by atoms with van der Waals surface area (Å²) in [7, 11) is 0. The molecule has 0 bridgehead atoms. The van der Waals surface area contributed by atoms with Gasteiger partial charge in [0.05, 0.1) is 6.92 Å². The molecule has 3 rings (SSSR count). The van der Waals surface area contributed by atoms with E-state index in [0.29, 0.717) is 0 Å². The zero-order chi connectivity index (χ0) is 12.9. The van der Waals surface area contributed by atoms with Gasteiger partial charge in [-0.25, -0.2) is 0 Å². The van der Waals surface area contributed by atoms with E-state index in [4.69, 9.17) is 0 Å². The first-order valence-electron chi connectivity index (χ1n) is 6.13. The molecule has 1 unspecified atom stereocenters. The van der Waals surface area contributed by atoms with Crippen LogP contribution in [0.4, 0.5) is 0 Å². The minimum Gasteiger partial charge on any atom is -0.289 e. The Hall–Kier alpha value is -2.02. The van der Waals surface area contributed by atoms with Gasteiger partial charge in [0.25, 0.3) is 0 Å². The van der Waals surface area contributed by atoms with Gasteiger partial charge in [0.1, 0.15) is 0 Å². The summed E-state index contributed by atoms with van der Waals surface area (Å²) in [5, 5.41) is 0. The molecule has 1 aliphatic rings. The SMILES string of the molecule is [CH2+]C1(C)c2ccccc2C(=O)c2cccc(C)c21. The lowest BCUT2D eigenvalue weighted by atomic mass is 9.67. The van der Waals surface area contributed by atoms with Crippen LogP contribution in [-0.2, 0) is 5.41 Å². The number of hydrogen-bond acceptors (Lipinski definition) is 1. The van der Waals surface area contributed by atoms with E-state index >= 15 is 0 Å². The van der Waals surface area contributed by atoms with Crippen molar-refractivity contribution in [1.29, 1.82) is 0 Å². The van der Waals surface area contributed by atoms with Crippen molar-refractivity contribution in [2.45, 2.75) is 19.3 Å². The summed E-state index contributed by atoms with van der Waals surface area (Å²) in [6.07, 6.45) is 0. The lowest BCUT2D eigenvalue weighted by molar-refractivity contribution is 0.103. The highest BCUT2D eigenvalue weighted by Gasteiger charge is 2.42. The number of fused-ring (bicyclic) bond motifs is 2. The summed E-state index contributed by atoms with van der Waals surface area (Å²) in [6, 6.07) is 13.7. The maximum Gasteiger partial charge on any atom is 0.193 e. The number of benzene rings is 2. The van der Waals surface area contributed by atoms with Crippen LogP contribution in [0.2, 0.25) is 0 Å². The first-order valence-corrected chi connectivity index (χ1v) is 6.13. The van der Waals surface area contributed by atoms with Crippen LogP contribution in [0.1, 0.15) is 39.5 Å². The Kier molecular flexibility index (Phi) is 2.15. The molecule has 0 spiro atoms. The maximum absolute atomic E-state index is 12.5. The van der Waals surface area contributed by atoms with Crippen molar-refractivity contribution in [3.05, 3.63) is 77.2 Å². The van der Waals surface area contributed by atoms with Crippen molar-refractivity contribution in [2.75, 3.05) is 0 Å². The Morgan fingerprint density at radius 1 is 1.00 bits per heavy atom. The summed E-state index contributed by atoms with van der Waals surface area (Å²) >= 11 is 0. The van der Waals surface area contributed by atoms with Crippen LogP contribution in [0, 0.1) is 13.8 Å². The summed E-state index contributed by atoms with van der Waals surface area (Å²) in [6.45, 7) is 8.49. The minimum absolute atomic E-state index is 0.116. The van der Waals surface area contributed by atoms with E-state index in [1.54, 1.807) is 0 Å². The van der Waals surface area contributed by atoms with E-state index in [1.165, 1.54) is 0 Å². The molecule has 0 saturated carbocycles. The molecule has 0 N–H and O–H groups in total. The molecule has 1 atom stereocenters. The number of ketones is 1. The van der Waals surface area contributed by atoms with Gasteiger partial charge in [0, 0.05) is 22.3 Å². The Morgan fingerprint density at radius 2 is 1.67 bits per heavy atom. The zero-order valence-corrected chi connectivity index (χ0v) is 10.7. The normalized spacial score (nSPS) is 21.3. The fraction of sp³-hybridized carbons (Fsp3) is 0.176. The maximum atomic E-state index is 12.5. The van der Waals surface area contributed by atoms with Gasteiger partial charge in [-0.2, -0.15) is 0 Å². The molecule has 2 aromatic carbocycles. The lowest BCUT2D eigenvalue weighted by Gasteiger charge is -2.30. The van der Waals surface area contributed by atoms with E-state index in [-0.39, 0.29) is 11.2 Å². The van der Waals surface area contributed by atoms with E-state index in [0.717, 1.165) is 27.8 Å². The molecule has 18 heavy (non-hydrogen) atoms. The van der Waals surface area contributed by atoms with Gasteiger partial charge in [-0.05, 0) is 19.4 Å².